The summed E-state index contributed by atoms with van der Waals surface area (Å²) in [6, 6.07) is 0.802. The van der Waals surface area contributed by atoms with Crippen molar-refractivity contribution in [3.05, 3.63) is 0 Å². The molecule has 0 fully saturated rings. The third-order valence-corrected chi connectivity index (χ3v) is 2.30. The molecule has 11 heavy (non-hydrogen) atoms. The van der Waals surface area contributed by atoms with Gasteiger partial charge in [-0.3, -0.25) is 4.90 Å². The molecule has 2 nitrogen and oxygen atoms in total. The van der Waals surface area contributed by atoms with E-state index in [1.165, 1.54) is 0 Å². The third-order valence-electron chi connectivity index (χ3n) is 1.54. The zero-order valence-electron chi connectivity index (χ0n) is 7.54. The molecule has 0 saturated carbocycles. The van der Waals surface area contributed by atoms with Crippen molar-refractivity contribution < 1.29 is 4.52 Å². The number of alkyl halides is 1. The zero-order valence-corrected chi connectivity index (χ0v) is 9.45. The van der Waals surface area contributed by atoms with Gasteiger partial charge in [-0.2, -0.15) is 0 Å². The molecule has 0 radical (unpaired) electrons. The topological polar surface area (TPSA) is 12.5 Å². The summed E-state index contributed by atoms with van der Waals surface area (Å²) in [5.74, 6) is 0. The van der Waals surface area contributed by atoms with Gasteiger partial charge < -0.3 is 4.52 Å². The standard InChI is InChI=1S/C7H17ClNOP/c1-5(2)9(6(3)4)7(8)10-11/h5-7H,11H2,1-4H3. The maximum Gasteiger partial charge on any atom is 0.191 e. The Morgan fingerprint density at radius 1 is 1.18 bits per heavy atom. The summed E-state index contributed by atoms with van der Waals surface area (Å²) >= 11 is 5.90. The van der Waals surface area contributed by atoms with Crippen molar-refractivity contribution >= 4 is 21.1 Å². The van der Waals surface area contributed by atoms with Gasteiger partial charge in [-0.25, -0.2) is 0 Å². The highest BCUT2D eigenvalue weighted by molar-refractivity contribution is 7.10. The summed E-state index contributed by atoms with van der Waals surface area (Å²) in [6.07, 6.45) is 0. The SMILES string of the molecule is CC(C)N(C(C)C)C(Cl)OP. The molecule has 0 aromatic heterocycles. The van der Waals surface area contributed by atoms with Crippen LogP contribution in [0.5, 0.6) is 0 Å². The van der Waals surface area contributed by atoms with Crippen LogP contribution in [0, 0.1) is 0 Å². The molecule has 0 bridgehead atoms. The normalized spacial score (nSPS) is 15.0. The molecule has 0 aromatic rings. The van der Waals surface area contributed by atoms with E-state index in [4.69, 9.17) is 16.1 Å². The molecule has 0 spiro atoms. The van der Waals surface area contributed by atoms with E-state index in [-0.39, 0.29) is 5.69 Å². The number of hydrogen-bond acceptors (Lipinski definition) is 2. The summed E-state index contributed by atoms with van der Waals surface area (Å²) in [5, 5.41) is 0. The second kappa shape index (κ2) is 5.31. The van der Waals surface area contributed by atoms with E-state index in [1.807, 2.05) is 0 Å². The summed E-state index contributed by atoms with van der Waals surface area (Å²) in [7, 11) is 2.18. The minimum absolute atomic E-state index is 0.347. The lowest BCUT2D eigenvalue weighted by molar-refractivity contribution is 0.0495. The van der Waals surface area contributed by atoms with Crippen molar-refractivity contribution in [2.24, 2.45) is 0 Å². The first-order valence-corrected chi connectivity index (χ1v) is 4.68. The predicted octanol–water partition coefficient (Wildman–Crippen LogP) is 2.43. The molecular formula is C7H17ClNOP. The quantitative estimate of drug-likeness (QED) is 0.297. The van der Waals surface area contributed by atoms with E-state index >= 15 is 0 Å². The fraction of sp³-hybridized carbons (Fsp3) is 1.00. The van der Waals surface area contributed by atoms with E-state index in [9.17, 15) is 0 Å². The van der Waals surface area contributed by atoms with E-state index in [1.54, 1.807) is 0 Å². The molecule has 4 heteroatoms. The fourth-order valence-corrected chi connectivity index (χ4v) is 1.73. The van der Waals surface area contributed by atoms with Crippen molar-refractivity contribution in [3.63, 3.8) is 0 Å². The lowest BCUT2D eigenvalue weighted by atomic mass is 10.2. The Kier molecular flexibility index (Phi) is 5.62. The Hall–Kier alpha value is 0.640. The summed E-state index contributed by atoms with van der Waals surface area (Å²) in [5.41, 5.74) is -0.347. The Balaban J connectivity index is 4.09. The largest absolute Gasteiger partial charge is 0.333 e. The van der Waals surface area contributed by atoms with Crippen LogP contribution in [0.1, 0.15) is 27.7 Å². The number of nitrogens with zero attached hydrogens (tertiary/aromatic N) is 1. The van der Waals surface area contributed by atoms with Crippen molar-refractivity contribution in [1.29, 1.82) is 0 Å². The predicted molar refractivity (Wildman–Crippen MR) is 52.5 cm³/mol. The van der Waals surface area contributed by atoms with Gasteiger partial charge in [0.05, 0.1) is 0 Å². The number of hydrogen-bond donors (Lipinski definition) is 0. The van der Waals surface area contributed by atoms with Crippen LogP contribution in [0.3, 0.4) is 0 Å². The summed E-state index contributed by atoms with van der Waals surface area (Å²) in [4.78, 5) is 2.08. The van der Waals surface area contributed by atoms with Gasteiger partial charge in [0, 0.05) is 21.6 Å². The maximum absolute atomic E-state index is 5.90. The Morgan fingerprint density at radius 3 is 1.64 bits per heavy atom. The van der Waals surface area contributed by atoms with Crippen LogP contribution in [0.2, 0.25) is 0 Å². The monoisotopic (exact) mass is 197 g/mol. The molecule has 0 aliphatic heterocycles. The molecule has 68 valence electrons. The van der Waals surface area contributed by atoms with Crippen molar-refractivity contribution in [2.45, 2.75) is 45.5 Å². The second-order valence-electron chi connectivity index (χ2n) is 3.06. The summed E-state index contributed by atoms with van der Waals surface area (Å²) in [6.45, 7) is 8.39. The molecule has 0 aromatic carbocycles. The van der Waals surface area contributed by atoms with Crippen molar-refractivity contribution in [2.75, 3.05) is 0 Å². The molecule has 2 unspecified atom stereocenters. The van der Waals surface area contributed by atoms with Crippen LogP contribution >= 0.6 is 21.1 Å². The highest BCUT2D eigenvalue weighted by Gasteiger charge is 2.20. The highest BCUT2D eigenvalue weighted by Crippen LogP contribution is 2.16. The maximum atomic E-state index is 5.90. The van der Waals surface area contributed by atoms with Crippen LogP contribution in [0.15, 0.2) is 0 Å². The molecule has 0 rings (SSSR count). The number of rotatable bonds is 4. The minimum Gasteiger partial charge on any atom is -0.333 e. The van der Waals surface area contributed by atoms with Crippen LogP contribution in [-0.4, -0.2) is 22.7 Å². The first kappa shape index (κ1) is 11.6. The average Bonchev–Trinajstić information content (AvgIpc) is 1.85. The molecule has 0 N–H and O–H groups in total. The first-order valence-electron chi connectivity index (χ1n) is 3.77. The molecule has 0 amide bonds. The number of halogens is 1. The van der Waals surface area contributed by atoms with Crippen LogP contribution in [0.25, 0.3) is 0 Å². The first-order chi connectivity index (χ1) is 5.00. The molecule has 0 heterocycles. The fourth-order valence-electron chi connectivity index (χ4n) is 1.14. The molecule has 0 saturated heterocycles. The Bertz CT molecular complexity index is 103. The van der Waals surface area contributed by atoms with Crippen LogP contribution < -0.4 is 0 Å². The van der Waals surface area contributed by atoms with Gasteiger partial charge in [-0.05, 0) is 27.7 Å². The van der Waals surface area contributed by atoms with Crippen molar-refractivity contribution in [1.82, 2.24) is 4.90 Å². The zero-order chi connectivity index (χ0) is 9.02. The van der Waals surface area contributed by atoms with Gasteiger partial charge in [0.15, 0.2) is 5.69 Å². The van der Waals surface area contributed by atoms with Gasteiger partial charge in [-0.1, -0.05) is 11.6 Å². The van der Waals surface area contributed by atoms with E-state index < -0.39 is 0 Å². The van der Waals surface area contributed by atoms with Crippen LogP contribution in [-0.2, 0) is 4.52 Å². The smallest absolute Gasteiger partial charge is 0.191 e. The molecule has 2 atom stereocenters. The van der Waals surface area contributed by atoms with Crippen LogP contribution in [0.4, 0.5) is 0 Å². The van der Waals surface area contributed by atoms with E-state index in [2.05, 4.69) is 42.1 Å². The lowest BCUT2D eigenvalue weighted by Gasteiger charge is -2.33. The highest BCUT2D eigenvalue weighted by atomic mass is 35.5. The third kappa shape index (κ3) is 3.71. The Morgan fingerprint density at radius 2 is 1.55 bits per heavy atom. The van der Waals surface area contributed by atoms with E-state index in [0.29, 0.717) is 12.1 Å². The van der Waals surface area contributed by atoms with Crippen molar-refractivity contribution in [3.8, 4) is 0 Å². The molecule has 0 aliphatic rings. The van der Waals surface area contributed by atoms with E-state index in [0.717, 1.165) is 0 Å². The van der Waals surface area contributed by atoms with Gasteiger partial charge in [0.2, 0.25) is 0 Å². The molecular weight excluding hydrogens is 181 g/mol. The summed E-state index contributed by atoms with van der Waals surface area (Å²) < 4.78 is 4.94. The van der Waals surface area contributed by atoms with Gasteiger partial charge in [0.25, 0.3) is 0 Å². The lowest BCUT2D eigenvalue weighted by Crippen LogP contribution is -2.42. The Labute approximate surface area is 76.5 Å². The van der Waals surface area contributed by atoms with Gasteiger partial charge in [0.1, 0.15) is 0 Å². The second-order valence-corrected chi connectivity index (χ2v) is 3.71. The molecule has 0 aliphatic carbocycles. The minimum atomic E-state index is -0.347. The average molecular weight is 198 g/mol. The van der Waals surface area contributed by atoms with Gasteiger partial charge >= 0.3 is 0 Å². The van der Waals surface area contributed by atoms with Gasteiger partial charge in [-0.15, -0.1) is 0 Å².